The van der Waals surface area contributed by atoms with Crippen molar-refractivity contribution in [1.29, 1.82) is 0 Å². The zero-order valence-electron chi connectivity index (χ0n) is 31.1. The predicted octanol–water partition coefficient (Wildman–Crippen LogP) is 12.2. The molecule has 6 nitrogen and oxygen atoms in total. The maximum Gasteiger partial charge on any atom is 0.389 e. The van der Waals surface area contributed by atoms with Crippen LogP contribution in [0.25, 0.3) is 0 Å². The fraction of sp³-hybridized carbons (Fsp3) is 0.897. The van der Waals surface area contributed by atoms with Crippen LogP contribution in [0.3, 0.4) is 0 Å². The molecule has 310 valence electrons. The van der Waals surface area contributed by atoms with Crippen molar-refractivity contribution in [2.75, 3.05) is 6.61 Å². The van der Waals surface area contributed by atoms with Crippen LogP contribution in [0.5, 0.6) is 0 Å². The molecule has 4 atom stereocenters. The Hall–Kier alpha value is -0.706. The molecule has 0 radical (unpaired) electrons. The molecule has 4 unspecified atom stereocenters. The molecule has 0 bridgehead atoms. The highest BCUT2D eigenvalue weighted by Crippen LogP contribution is 2.41. The van der Waals surface area contributed by atoms with Crippen molar-refractivity contribution < 1.29 is 78.7 Å². The average molecular weight is 867 g/mol. The van der Waals surface area contributed by atoms with E-state index in [9.17, 15) is 57.5 Å². The van der Waals surface area contributed by atoms with E-state index in [0.717, 1.165) is 13.1 Å². The van der Waals surface area contributed by atoms with Gasteiger partial charge >= 0.3 is 56.4 Å². The van der Waals surface area contributed by atoms with E-state index in [1.165, 1.54) is 20.0 Å². The Morgan fingerprint density at radius 1 is 0.538 bits per heavy atom. The largest absolute Gasteiger partial charge is 0.462 e. The summed E-state index contributed by atoms with van der Waals surface area (Å²) in [5.41, 5.74) is 0.139. The zero-order chi connectivity index (χ0) is 41.1. The molecule has 23 heteroatoms. The van der Waals surface area contributed by atoms with Gasteiger partial charge in [0.15, 0.2) is 16.6 Å². The maximum atomic E-state index is 13.7. The standard InChI is InChI=1S/C29H54F12O6Si5/c1-10-11-19-49(6,20-13-26(30,31)32)45-51(8,22-15-28(36,37)38)47-52(9,23-16-29(39,40)41)46-50(7,21-14-27(33,34)35)44-48(4,5)18-12-17-43-25(42)24(2)3/h2,10-23H2,1,3-9H3. The van der Waals surface area contributed by atoms with Gasteiger partial charge in [0.2, 0.25) is 0 Å². The minimum absolute atomic E-state index is 0.0795. The van der Waals surface area contributed by atoms with E-state index in [0.29, 0.717) is 12.8 Å². The smallest absolute Gasteiger partial charge is 0.389 e. The molecule has 0 aromatic heterocycles. The summed E-state index contributed by atoms with van der Waals surface area (Å²) in [6, 6.07) is -2.84. The van der Waals surface area contributed by atoms with Crippen LogP contribution in [-0.2, 0) is 26.0 Å². The second-order valence-corrected chi connectivity index (χ2v) is 34.1. The normalized spacial score (nSPS) is 18.2. The van der Waals surface area contributed by atoms with Crippen LogP contribution < -0.4 is 0 Å². The Morgan fingerprint density at radius 3 is 1.27 bits per heavy atom. The molecule has 0 aliphatic carbocycles. The maximum absolute atomic E-state index is 13.7. The van der Waals surface area contributed by atoms with Crippen LogP contribution in [-0.4, -0.2) is 79.6 Å². The van der Waals surface area contributed by atoms with Crippen molar-refractivity contribution in [1.82, 2.24) is 0 Å². The van der Waals surface area contributed by atoms with Crippen LogP contribution in [0.1, 0.15) is 58.8 Å². The number of carbonyl (C=O) groups is 1. The number of carbonyl (C=O) groups excluding carboxylic acids is 1. The molecule has 0 saturated heterocycles. The van der Waals surface area contributed by atoms with Gasteiger partial charge in [0.25, 0.3) is 0 Å². The first-order valence-electron chi connectivity index (χ1n) is 16.9. The third kappa shape index (κ3) is 24.7. The molecule has 0 N–H and O–H groups in total. The van der Waals surface area contributed by atoms with Gasteiger partial charge in [-0.1, -0.05) is 26.3 Å². The molecule has 0 aliphatic heterocycles. The van der Waals surface area contributed by atoms with E-state index in [2.05, 4.69) is 6.58 Å². The summed E-state index contributed by atoms with van der Waals surface area (Å²) in [5.74, 6) is -0.663. The average Bonchev–Trinajstić information content (AvgIpc) is 2.92. The number of ether oxygens (including phenoxy) is 1. The van der Waals surface area contributed by atoms with Gasteiger partial charge in [-0.05, 0) is 88.9 Å². The molecular weight excluding hydrogens is 813 g/mol. The number of rotatable bonds is 24. The van der Waals surface area contributed by atoms with Crippen molar-refractivity contribution in [2.24, 2.45) is 0 Å². The van der Waals surface area contributed by atoms with Crippen molar-refractivity contribution >= 4 is 48.3 Å². The third-order valence-electron chi connectivity index (χ3n) is 7.91. The van der Waals surface area contributed by atoms with Crippen molar-refractivity contribution in [3.63, 3.8) is 0 Å². The molecule has 0 rings (SSSR count). The molecular formula is C29H54F12O6Si5. The van der Waals surface area contributed by atoms with E-state index >= 15 is 0 Å². The highest BCUT2D eigenvalue weighted by Gasteiger charge is 2.54. The SMILES string of the molecule is C=C(C)C(=O)OCCC[Si](C)(C)O[Si](C)(CCC(F)(F)F)O[Si](C)(CCC(F)(F)F)O[Si](C)(CCC(F)(F)F)O[Si](C)(CCCC)CCC(F)(F)F. The Labute approximate surface area is 304 Å². The summed E-state index contributed by atoms with van der Waals surface area (Å²) in [5, 5.41) is 0. The van der Waals surface area contributed by atoms with Crippen molar-refractivity contribution in [3.8, 4) is 0 Å². The minimum Gasteiger partial charge on any atom is -0.462 e. The molecule has 0 aromatic rings. The molecule has 0 spiro atoms. The van der Waals surface area contributed by atoms with Gasteiger partial charge in [-0.15, -0.1) is 0 Å². The van der Waals surface area contributed by atoms with Crippen molar-refractivity contribution in [3.05, 3.63) is 12.2 Å². The molecule has 0 fully saturated rings. The van der Waals surface area contributed by atoms with Gasteiger partial charge in [0, 0.05) is 31.3 Å². The number of unbranched alkanes of at least 4 members (excludes halogenated alkanes) is 1. The fourth-order valence-corrected chi connectivity index (χ4v) is 32.3. The first-order chi connectivity index (χ1) is 23.0. The molecule has 0 aromatic carbocycles. The van der Waals surface area contributed by atoms with Gasteiger partial charge in [0.05, 0.1) is 6.61 Å². The van der Waals surface area contributed by atoms with Gasteiger partial charge < -0.3 is 21.2 Å². The number of hydrogen-bond acceptors (Lipinski definition) is 6. The Bertz CT molecular complexity index is 1120. The summed E-state index contributed by atoms with van der Waals surface area (Å²) < 4.78 is 193. The summed E-state index contributed by atoms with van der Waals surface area (Å²) >= 11 is 0. The number of alkyl halides is 12. The van der Waals surface area contributed by atoms with E-state index < -0.39 is 123 Å². The lowest BCUT2D eigenvalue weighted by Crippen LogP contribution is -2.62. The molecule has 0 heterocycles. The van der Waals surface area contributed by atoms with Crippen molar-refractivity contribution in [2.45, 2.75) is 159 Å². The monoisotopic (exact) mass is 866 g/mol. The Balaban J connectivity index is 6.96. The summed E-state index contributed by atoms with van der Waals surface area (Å²) in [7, 11) is -19.7. The quantitative estimate of drug-likeness (QED) is 0.0317. The van der Waals surface area contributed by atoms with E-state index in [1.807, 2.05) is 0 Å². The minimum atomic E-state index is -4.83. The van der Waals surface area contributed by atoms with Crippen LogP contribution >= 0.6 is 0 Å². The summed E-state index contributed by atoms with van der Waals surface area (Å²) in [6.45, 7) is 14.7. The second-order valence-electron chi connectivity index (χ2n) is 14.6. The van der Waals surface area contributed by atoms with Crippen LogP contribution in [0.15, 0.2) is 12.2 Å². The third-order valence-corrected chi connectivity index (χ3v) is 30.2. The molecule has 0 amide bonds. The topological polar surface area (TPSA) is 63.2 Å². The highest BCUT2D eigenvalue weighted by molar-refractivity contribution is 6.91. The van der Waals surface area contributed by atoms with Crippen LogP contribution in [0, 0.1) is 0 Å². The second kappa shape index (κ2) is 19.9. The predicted molar refractivity (Wildman–Crippen MR) is 185 cm³/mol. The fourth-order valence-electron chi connectivity index (χ4n) is 5.52. The number of esters is 1. The van der Waals surface area contributed by atoms with Crippen LogP contribution in [0.2, 0.25) is 75.5 Å². The Morgan fingerprint density at radius 2 is 0.904 bits per heavy atom. The van der Waals surface area contributed by atoms with Gasteiger partial charge in [-0.25, -0.2) is 4.79 Å². The van der Waals surface area contributed by atoms with E-state index in [1.54, 1.807) is 20.0 Å². The summed E-state index contributed by atoms with van der Waals surface area (Å²) in [6.07, 6.45) is -23.7. The lowest BCUT2D eigenvalue weighted by Gasteiger charge is -2.46. The number of hydrogen-bond donors (Lipinski definition) is 0. The van der Waals surface area contributed by atoms with E-state index in [-0.39, 0.29) is 30.7 Å². The lowest BCUT2D eigenvalue weighted by atomic mass is 10.4. The molecule has 52 heavy (non-hydrogen) atoms. The van der Waals surface area contributed by atoms with Gasteiger partial charge in [-0.3, -0.25) is 0 Å². The first kappa shape index (κ1) is 51.3. The molecule has 0 aliphatic rings. The first-order valence-corrected chi connectivity index (χ1v) is 30.5. The zero-order valence-corrected chi connectivity index (χ0v) is 36.1. The lowest BCUT2D eigenvalue weighted by molar-refractivity contribution is -0.139. The Kier molecular flexibility index (Phi) is 19.7. The summed E-state index contributed by atoms with van der Waals surface area (Å²) in [4.78, 5) is 11.7. The highest BCUT2D eigenvalue weighted by atomic mass is 28.5. The number of halogens is 12. The molecule has 0 saturated carbocycles. The van der Waals surface area contributed by atoms with Crippen LogP contribution in [0.4, 0.5) is 52.7 Å². The van der Waals surface area contributed by atoms with E-state index in [4.69, 9.17) is 21.2 Å². The van der Waals surface area contributed by atoms with Gasteiger partial charge in [0.1, 0.15) is 0 Å². The van der Waals surface area contributed by atoms with Gasteiger partial charge in [-0.2, -0.15) is 52.7 Å².